The molecule has 1 saturated heterocycles. The molecule has 4 heteroatoms. The zero-order valence-electron chi connectivity index (χ0n) is 13.4. The summed E-state index contributed by atoms with van der Waals surface area (Å²) in [5, 5.41) is 0. The molecule has 1 aliphatic heterocycles. The number of ether oxygens (including phenoxy) is 1. The van der Waals surface area contributed by atoms with Crippen LogP contribution in [0.3, 0.4) is 0 Å². The molecule has 0 aliphatic carbocycles. The maximum Gasteiger partial charge on any atom is 0.265 e. The van der Waals surface area contributed by atoms with Crippen molar-refractivity contribution in [3.8, 4) is 5.75 Å². The molecule has 0 aromatic heterocycles. The fraction of sp³-hybridized carbons (Fsp3) is 0.316. The molecule has 2 aromatic rings. The maximum atomic E-state index is 12.8. The summed E-state index contributed by atoms with van der Waals surface area (Å²) >= 11 is 0. The number of rotatable bonds is 5. The van der Waals surface area contributed by atoms with Gasteiger partial charge in [0.05, 0.1) is 6.04 Å². The average Bonchev–Trinajstić information content (AvgIpc) is 3.01. The van der Waals surface area contributed by atoms with Gasteiger partial charge in [-0.2, -0.15) is 0 Å². The van der Waals surface area contributed by atoms with Crippen LogP contribution in [0.2, 0.25) is 0 Å². The first-order valence-electron chi connectivity index (χ1n) is 7.97. The molecule has 0 radical (unpaired) electrons. The van der Waals surface area contributed by atoms with Crippen LogP contribution in [0.4, 0.5) is 5.69 Å². The van der Waals surface area contributed by atoms with E-state index in [1.165, 1.54) is 0 Å². The fourth-order valence-electron chi connectivity index (χ4n) is 3.00. The van der Waals surface area contributed by atoms with Gasteiger partial charge in [-0.15, -0.1) is 0 Å². The lowest BCUT2D eigenvalue weighted by atomic mass is 10.2. The summed E-state index contributed by atoms with van der Waals surface area (Å²) in [6.45, 7) is 1.96. The molecule has 23 heavy (non-hydrogen) atoms. The van der Waals surface area contributed by atoms with E-state index in [-0.39, 0.29) is 18.6 Å². The second kappa shape index (κ2) is 7.29. The molecule has 1 unspecified atom stereocenters. The third-order valence-electron chi connectivity index (χ3n) is 4.14. The Morgan fingerprint density at radius 3 is 2.39 bits per heavy atom. The molecule has 1 aliphatic rings. The average molecular weight is 310 g/mol. The highest BCUT2D eigenvalue weighted by atomic mass is 16.5. The van der Waals surface area contributed by atoms with E-state index in [0.29, 0.717) is 0 Å². The van der Waals surface area contributed by atoms with Crippen LogP contribution in [-0.2, 0) is 4.79 Å². The lowest BCUT2D eigenvalue weighted by molar-refractivity contribution is -0.121. The second-order valence-electron chi connectivity index (χ2n) is 5.91. The Morgan fingerprint density at radius 1 is 1.13 bits per heavy atom. The van der Waals surface area contributed by atoms with Crippen molar-refractivity contribution in [3.05, 3.63) is 60.7 Å². The number of carbonyl (C=O) groups excluding carboxylic acids is 1. The molecule has 1 heterocycles. The van der Waals surface area contributed by atoms with E-state index < -0.39 is 0 Å². The Morgan fingerprint density at radius 2 is 1.78 bits per heavy atom. The van der Waals surface area contributed by atoms with Crippen molar-refractivity contribution in [1.29, 1.82) is 0 Å². The molecule has 120 valence electrons. The summed E-state index contributed by atoms with van der Waals surface area (Å²) in [5.74, 6) is 0.720. The van der Waals surface area contributed by atoms with Crippen molar-refractivity contribution in [2.45, 2.75) is 12.5 Å². The Hall–Kier alpha value is -2.33. The van der Waals surface area contributed by atoms with Gasteiger partial charge in [-0.3, -0.25) is 4.79 Å². The minimum absolute atomic E-state index is 0.000327. The molecule has 2 aromatic carbocycles. The number of para-hydroxylation sites is 2. The Balaban J connectivity index is 1.73. The van der Waals surface area contributed by atoms with Gasteiger partial charge in [-0.05, 0) is 44.3 Å². The van der Waals surface area contributed by atoms with Gasteiger partial charge in [0.15, 0.2) is 6.61 Å². The molecule has 4 nitrogen and oxygen atoms in total. The molecule has 0 spiro atoms. The molecule has 0 N–H and O–H groups in total. The van der Waals surface area contributed by atoms with E-state index in [2.05, 4.69) is 11.9 Å². The van der Waals surface area contributed by atoms with Crippen molar-refractivity contribution in [1.82, 2.24) is 4.90 Å². The molecule has 0 bridgehead atoms. The van der Waals surface area contributed by atoms with Gasteiger partial charge in [-0.25, -0.2) is 0 Å². The molecule has 0 saturated carbocycles. The number of hydrogen-bond donors (Lipinski definition) is 0. The third kappa shape index (κ3) is 3.90. The molecular weight excluding hydrogens is 288 g/mol. The van der Waals surface area contributed by atoms with Gasteiger partial charge in [0, 0.05) is 12.2 Å². The zero-order valence-corrected chi connectivity index (χ0v) is 13.4. The van der Waals surface area contributed by atoms with Crippen molar-refractivity contribution in [2.75, 3.05) is 31.6 Å². The van der Waals surface area contributed by atoms with Crippen LogP contribution < -0.4 is 9.64 Å². The van der Waals surface area contributed by atoms with E-state index >= 15 is 0 Å². The summed E-state index contributed by atoms with van der Waals surface area (Å²) in [4.78, 5) is 16.9. The summed E-state index contributed by atoms with van der Waals surface area (Å²) in [6, 6.07) is 19.5. The van der Waals surface area contributed by atoms with Crippen LogP contribution in [0.15, 0.2) is 60.7 Å². The highest BCUT2D eigenvalue weighted by Gasteiger charge is 2.30. The van der Waals surface area contributed by atoms with Gasteiger partial charge in [-0.1, -0.05) is 36.4 Å². The first-order valence-corrected chi connectivity index (χ1v) is 7.97. The third-order valence-corrected chi connectivity index (χ3v) is 4.14. The van der Waals surface area contributed by atoms with Crippen LogP contribution in [0, 0.1) is 0 Å². The molecular formula is C19H22N2O2. The number of amides is 1. The highest BCUT2D eigenvalue weighted by molar-refractivity contribution is 5.95. The number of likely N-dealkylation sites (N-methyl/N-ethyl adjacent to an activating group) is 1. The van der Waals surface area contributed by atoms with Crippen LogP contribution in [0.25, 0.3) is 0 Å². The van der Waals surface area contributed by atoms with Gasteiger partial charge in [0.2, 0.25) is 0 Å². The minimum Gasteiger partial charge on any atom is -0.484 e. The molecule has 1 atom stereocenters. The number of nitrogens with zero attached hydrogens (tertiary/aromatic N) is 2. The highest BCUT2D eigenvalue weighted by Crippen LogP contribution is 2.23. The van der Waals surface area contributed by atoms with Crippen LogP contribution in [0.5, 0.6) is 5.75 Å². The monoisotopic (exact) mass is 310 g/mol. The van der Waals surface area contributed by atoms with E-state index in [0.717, 1.165) is 30.9 Å². The topological polar surface area (TPSA) is 32.8 Å². The predicted octanol–water partition coefficient (Wildman–Crippen LogP) is 2.80. The largest absolute Gasteiger partial charge is 0.484 e. The smallest absolute Gasteiger partial charge is 0.265 e. The Labute approximate surface area is 137 Å². The fourth-order valence-corrected chi connectivity index (χ4v) is 3.00. The summed E-state index contributed by atoms with van der Waals surface area (Å²) in [7, 11) is 2.09. The Kier molecular flexibility index (Phi) is 4.93. The number of benzene rings is 2. The Bertz CT molecular complexity index is 630. The van der Waals surface area contributed by atoms with E-state index in [1.807, 2.05) is 65.6 Å². The van der Waals surface area contributed by atoms with E-state index in [4.69, 9.17) is 4.74 Å². The van der Waals surface area contributed by atoms with Crippen LogP contribution in [-0.4, -0.2) is 43.6 Å². The SMILES string of the molecule is CN1CCC(N(C(=O)COc2ccccc2)c2ccccc2)C1. The van der Waals surface area contributed by atoms with Gasteiger partial charge in [0.1, 0.15) is 5.75 Å². The van der Waals surface area contributed by atoms with Gasteiger partial charge < -0.3 is 14.5 Å². The molecule has 3 rings (SSSR count). The lowest BCUT2D eigenvalue weighted by Crippen LogP contribution is -2.44. The maximum absolute atomic E-state index is 12.8. The first-order chi connectivity index (χ1) is 11.2. The summed E-state index contributed by atoms with van der Waals surface area (Å²) < 4.78 is 5.65. The normalized spacial score (nSPS) is 17.9. The number of likely N-dealkylation sites (tertiary alicyclic amines) is 1. The van der Waals surface area contributed by atoms with Gasteiger partial charge >= 0.3 is 0 Å². The number of hydrogen-bond acceptors (Lipinski definition) is 3. The summed E-state index contributed by atoms with van der Waals surface area (Å²) in [5.41, 5.74) is 0.939. The lowest BCUT2D eigenvalue weighted by Gasteiger charge is -2.29. The van der Waals surface area contributed by atoms with Crippen LogP contribution >= 0.6 is 0 Å². The molecule has 1 amide bonds. The summed E-state index contributed by atoms with van der Waals surface area (Å²) in [6.07, 6.45) is 0.989. The predicted molar refractivity (Wildman–Crippen MR) is 91.8 cm³/mol. The van der Waals surface area contributed by atoms with Crippen molar-refractivity contribution >= 4 is 11.6 Å². The van der Waals surface area contributed by atoms with Crippen molar-refractivity contribution in [2.24, 2.45) is 0 Å². The quantitative estimate of drug-likeness (QED) is 0.851. The van der Waals surface area contributed by atoms with E-state index in [9.17, 15) is 4.79 Å². The molecule has 1 fully saturated rings. The first kappa shape index (κ1) is 15.6. The van der Waals surface area contributed by atoms with Crippen molar-refractivity contribution < 1.29 is 9.53 Å². The van der Waals surface area contributed by atoms with Crippen LogP contribution in [0.1, 0.15) is 6.42 Å². The number of anilines is 1. The van der Waals surface area contributed by atoms with Crippen molar-refractivity contribution in [3.63, 3.8) is 0 Å². The van der Waals surface area contributed by atoms with E-state index in [1.54, 1.807) is 0 Å². The standard InChI is InChI=1S/C19H22N2O2/c1-20-13-12-17(14-20)21(16-8-4-2-5-9-16)19(22)15-23-18-10-6-3-7-11-18/h2-11,17H,12-15H2,1H3. The second-order valence-corrected chi connectivity index (χ2v) is 5.91. The van der Waals surface area contributed by atoms with Gasteiger partial charge in [0.25, 0.3) is 5.91 Å². The zero-order chi connectivity index (χ0) is 16.1. The minimum atomic E-state index is 0.000327. The number of carbonyl (C=O) groups is 1.